The van der Waals surface area contributed by atoms with Crippen LogP contribution in [0.15, 0.2) is 69.0 Å². The van der Waals surface area contributed by atoms with Gasteiger partial charge in [-0.05, 0) is 31.2 Å². The Bertz CT molecular complexity index is 1100. The quantitative estimate of drug-likeness (QED) is 0.351. The van der Waals surface area contributed by atoms with E-state index >= 15 is 0 Å². The third-order valence-electron chi connectivity index (χ3n) is 4.23. The lowest BCUT2D eigenvalue weighted by Crippen LogP contribution is -2.03. The van der Waals surface area contributed by atoms with E-state index in [1.807, 2.05) is 47.9 Å². The van der Waals surface area contributed by atoms with Crippen molar-refractivity contribution >= 4 is 17.7 Å². The molecule has 0 radical (unpaired) electrons. The summed E-state index contributed by atoms with van der Waals surface area (Å²) in [4.78, 5) is 11.9. The van der Waals surface area contributed by atoms with E-state index in [4.69, 9.17) is 13.6 Å². The number of benzene rings is 1. The van der Waals surface area contributed by atoms with Gasteiger partial charge in [0.1, 0.15) is 17.1 Å². The molecule has 0 fully saturated rings. The summed E-state index contributed by atoms with van der Waals surface area (Å²) < 4.78 is 17.7. The lowest BCUT2D eigenvalue weighted by molar-refractivity contribution is 0.0598. The highest BCUT2D eigenvalue weighted by atomic mass is 32.2. The van der Waals surface area contributed by atoms with E-state index in [9.17, 15) is 4.79 Å². The van der Waals surface area contributed by atoms with Gasteiger partial charge in [0, 0.05) is 5.69 Å². The van der Waals surface area contributed by atoms with E-state index in [2.05, 4.69) is 10.2 Å². The molecule has 8 heteroatoms. The average molecular weight is 395 g/mol. The maximum absolute atomic E-state index is 11.9. The Balaban J connectivity index is 1.70. The summed E-state index contributed by atoms with van der Waals surface area (Å²) in [7, 11) is 1.35. The largest absolute Gasteiger partial charge is 0.469 e. The number of carbonyl (C=O) groups excluding carboxylic acids is 1. The second kappa shape index (κ2) is 7.77. The predicted octanol–water partition coefficient (Wildman–Crippen LogP) is 4.51. The minimum atomic E-state index is -0.427. The van der Waals surface area contributed by atoms with Gasteiger partial charge in [-0.1, -0.05) is 30.0 Å². The molecule has 0 saturated carbocycles. The van der Waals surface area contributed by atoms with Gasteiger partial charge in [-0.3, -0.25) is 4.57 Å². The number of furan rings is 2. The first kappa shape index (κ1) is 18.1. The Hall–Kier alpha value is -3.26. The zero-order valence-electron chi connectivity index (χ0n) is 15.3. The van der Waals surface area contributed by atoms with Crippen molar-refractivity contribution < 1.29 is 18.4 Å². The number of aromatic nitrogens is 3. The van der Waals surface area contributed by atoms with Gasteiger partial charge in [0.15, 0.2) is 11.0 Å². The summed E-state index contributed by atoms with van der Waals surface area (Å²) in [6.07, 6.45) is 3.11. The summed E-state index contributed by atoms with van der Waals surface area (Å²) in [6, 6.07) is 13.3. The molecule has 7 nitrogen and oxygen atoms in total. The van der Waals surface area contributed by atoms with Crippen LogP contribution >= 0.6 is 11.8 Å². The molecule has 3 heterocycles. The van der Waals surface area contributed by atoms with Crippen LogP contribution < -0.4 is 0 Å². The first-order valence-electron chi connectivity index (χ1n) is 8.52. The molecule has 0 amide bonds. The molecule has 4 aromatic rings. The monoisotopic (exact) mass is 395 g/mol. The van der Waals surface area contributed by atoms with Gasteiger partial charge in [-0.15, -0.1) is 10.2 Å². The van der Waals surface area contributed by atoms with Crippen LogP contribution in [-0.2, 0) is 10.5 Å². The van der Waals surface area contributed by atoms with Crippen LogP contribution in [0.3, 0.4) is 0 Å². The molecule has 0 aliphatic carbocycles. The van der Waals surface area contributed by atoms with Crippen molar-refractivity contribution in [3.05, 3.63) is 72.1 Å². The molecular formula is C20H17N3O4S. The van der Waals surface area contributed by atoms with Crippen molar-refractivity contribution in [2.75, 3.05) is 7.11 Å². The zero-order chi connectivity index (χ0) is 19.5. The summed E-state index contributed by atoms with van der Waals surface area (Å²) in [5.41, 5.74) is 2.21. The minimum absolute atomic E-state index is 0.409. The van der Waals surface area contributed by atoms with Gasteiger partial charge in [-0.2, -0.15) is 0 Å². The Kier molecular flexibility index (Phi) is 5.03. The topological polar surface area (TPSA) is 83.3 Å². The first-order chi connectivity index (χ1) is 13.7. The number of para-hydroxylation sites is 1. The van der Waals surface area contributed by atoms with E-state index in [-0.39, 0.29) is 0 Å². The van der Waals surface area contributed by atoms with E-state index in [1.54, 1.807) is 12.3 Å². The number of thioether (sulfide) groups is 1. The smallest absolute Gasteiger partial charge is 0.341 e. The SMILES string of the molecule is COC(=O)c1ccoc1CSc1nnc(-c2ccoc2C)n1-c1ccccc1. The van der Waals surface area contributed by atoms with Crippen LogP contribution in [0, 0.1) is 6.92 Å². The van der Waals surface area contributed by atoms with Crippen LogP contribution in [0.4, 0.5) is 0 Å². The van der Waals surface area contributed by atoms with Gasteiger partial charge in [0.2, 0.25) is 0 Å². The molecule has 4 rings (SSSR count). The summed E-state index contributed by atoms with van der Waals surface area (Å²) >= 11 is 1.42. The van der Waals surface area contributed by atoms with Crippen LogP contribution in [0.5, 0.6) is 0 Å². The molecule has 3 aromatic heterocycles. The Morgan fingerprint density at radius 2 is 1.89 bits per heavy atom. The lowest BCUT2D eigenvalue weighted by Gasteiger charge is -2.09. The highest BCUT2D eigenvalue weighted by Crippen LogP contribution is 2.32. The molecule has 0 spiro atoms. The van der Waals surface area contributed by atoms with Crippen molar-refractivity contribution in [2.45, 2.75) is 17.8 Å². The fourth-order valence-corrected chi connectivity index (χ4v) is 3.74. The molecule has 0 aliphatic heterocycles. The Morgan fingerprint density at radius 3 is 2.61 bits per heavy atom. The van der Waals surface area contributed by atoms with Crippen molar-refractivity contribution in [1.82, 2.24) is 14.8 Å². The van der Waals surface area contributed by atoms with Gasteiger partial charge in [-0.25, -0.2) is 4.79 Å². The van der Waals surface area contributed by atoms with Crippen molar-refractivity contribution in [3.8, 4) is 17.1 Å². The zero-order valence-corrected chi connectivity index (χ0v) is 16.1. The first-order valence-corrected chi connectivity index (χ1v) is 9.50. The van der Waals surface area contributed by atoms with Gasteiger partial charge in [0.25, 0.3) is 0 Å². The molecule has 28 heavy (non-hydrogen) atoms. The van der Waals surface area contributed by atoms with Gasteiger partial charge < -0.3 is 13.6 Å². The fraction of sp³-hybridized carbons (Fsp3) is 0.150. The molecule has 0 aliphatic rings. The fourth-order valence-electron chi connectivity index (χ4n) is 2.84. The van der Waals surface area contributed by atoms with Crippen LogP contribution in [0.25, 0.3) is 17.1 Å². The molecule has 1 aromatic carbocycles. The number of esters is 1. The summed E-state index contributed by atoms with van der Waals surface area (Å²) in [5, 5.41) is 9.41. The van der Waals surface area contributed by atoms with E-state index in [0.717, 1.165) is 17.0 Å². The number of hydrogen-bond acceptors (Lipinski definition) is 7. The van der Waals surface area contributed by atoms with E-state index in [1.165, 1.54) is 25.1 Å². The summed E-state index contributed by atoms with van der Waals surface area (Å²) in [5.74, 6) is 1.96. The molecule has 0 bridgehead atoms. The Labute approximate surface area is 165 Å². The maximum Gasteiger partial charge on any atom is 0.341 e. The number of hydrogen-bond donors (Lipinski definition) is 0. The Morgan fingerprint density at radius 1 is 1.11 bits per heavy atom. The van der Waals surface area contributed by atoms with Gasteiger partial charge in [0.05, 0.1) is 31.0 Å². The predicted molar refractivity (Wildman–Crippen MR) is 103 cm³/mol. The lowest BCUT2D eigenvalue weighted by atomic mass is 10.2. The number of carbonyl (C=O) groups is 1. The van der Waals surface area contributed by atoms with Gasteiger partial charge >= 0.3 is 5.97 Å². The average Bonchev–Trinajstić information content (AvgIpc) is 3.45. The van der Waals surface area contributed by atoms with E-state index in [0.29, 0.717) is 28.1 Å². The number of nitrogens with zero attached hydrogens (tertiary/aromatic N) is 3. The van der Waals surface area contributed by atoms with Crippen LogP contribution in [-0.4, -0.2) is 27.8 Å². The van der Waals surface area contributed by atoms with Crippen molar-refractivity contribution in [3.63, 3.8) is 0 Å². The van der Waals surface area contributed by atoms with Crippen molar-refractivity contribution in [2.24, 2.45) is 0 Å². The molecule has 0 atom stereocenters. The minimum Gasteiger partial charge on any atom is -0.469 e. The number of ether oxygens (including phenoxy) is 1. The standard InChI is InChI=1S/C20H17N3O4S/c1-13-15(8-10-26-13)18-21-22-20(23(18)14-6-4-3-5-7-14)28-12-17-16(9-11-27-17)19(24)25-2/h3-11H,12H2,1-2H3. The third kappa shape index (κ3) is 3.34. The number of rotatable bonds is 6. The number of aryl methyl sites for hydroxylation is 1. The third-order valence-corrected chi connectivity index (χ3v) is 5.16. The molecule has 0 unspecified atom stereocenters. The highest BCUT2D eigenvalue weighted by molar-refractivity contribution is 7.98. The number of methoxy groups -OCH3 is 1. The second-order valence-electron chi connectivity index (χ2n) is 5.91. The molecular weight excluding hydrogens is 378 g/mol. The molecule has 0 N–H and O–H groups in total. The molecule has 142 valence electrons. The maximum atomic E-state index is 11.9. The van der Waals surface area contributed by atoms with E-state index < -0.39 is 5.97 Å². The van der Waals surface area contributed by atoms with Crippen molar-refractivity contribution in [1.29, 1.82) is 0 Å². The van der Waals surface area contributed by atoms with Crippen LogP contribution in [0.2, 0.25) is 0 Å². The highest BCUT2D eigenvalue weighted by Gasteiger charge is 2.21. The molecule has 0 saturated heterocycles. The van der Waals surface area contributed by atoms with Crippen LogP contribution in [0.1, 0.15) is 21.9 Å². The summed E-state index contributed by atoms with van der Waals surface area (Å²) in [6.45, 7) is 1.89. The normalized spacial score (nSPS) is 10.9. The second-order valence-corrected chi connectivity index (χ2v) is 6.85.